The van der Waals surface area contributed by atoms with E-state index in [1.165, 1.54) is 7.11 Å². The van der Waals surface area contributed by atoms with E-state index in [2.05, 4.69) is 9.97 Å². The van der Waals surface area contributed by atoms with Crippen LogP contribution in [-0.4, -0.2) is 17.1 Å². The first kappa shape index (κ1) is 11.2. The molecule has 0 atom stereocenters. The fraction of sp³-hybridized carbons (Fsp3) is 0.167. The Kier molecular flexibility index (Phi) is 3.09. The molecule has 0 saturated heterocycles. The summed E-state index contributed by atoms with van der Waals surface area (Å²) in [6.07, 6.45) is 0.413. The molecule has 0 spiro atoms. The van der Waals surface area contributed by atoms with E-state index in [4.69, 9.17) is 4.74 Å². The summed E-state index contributed by atoms with van der Waals surface area (Å²) in [5.41, 5.74) is 0.403. The average molecular weight is 232 g/mol. The molecular weight excluding hydrogens is 220 g/mol. The van der Waals surface area contributed by atoms with Crippen LogP contribution in [0.2, 0.25) is 0 Å². The summed E-state index contributed by atoms with van der Waals surface area (Å²) in [4.78, 5) is 27.4. The SMILES string of the molecule is COc1[nH]c(=O)[nH]c(=O)c1Cc1ccccc1. The summed E-state index contributed by atoms with van der Waals surface area (Å²) in [6, 6.07) is 9.50. The lowest BCUT2D eigenvalue weighted by atomic mass is 10.1. The van der Waals surface area contributed by atoms with Crippen LogP contribution in [-0.2, 0) is 6.42 Å². The Morgan fingerprint density at radius 1 is 1.12 bits per heavy atom. The van der Waals surface area contributed by atoms with E-state index in [0.29, 0.717) is 12.0 Å². The summed E-state index contributed by atoms with van der Waals surface area (Å²) < 4.78 is 5.00. The minimum atomic E-state index is -0.566. The third-order valence-corrected chi connectivity index (χ3v) is 2.43. The largest absolute Gasteiger partial charge is 0.482 e. The van der Waals surface area contributed by atoms with E-state index in [-0.39, 0.29) is 5.88 Å². The Morgan fingerprint density at radius 2 is 1.82 bits per heavy atom. The van der Waals surface area contributed by atoms with Crippen molar-refractivity contribution in [3.8, 4) is 5.88 Å². The smallest absolute Gasteiger partial charge is 0.328 e. The molecule has 2 N–H and O–H groups in total. The second kappa shape index (κ2) is 4.69. The van der Waals surface area contributed by atoms with E-state index >= 15 is 0 Å². The zero-order chi connectivity index (χ0) is 12.3. The van der Waals surface area contributed by atoms with Gasteiger partial charge in [0.1, 0.15) is 0 Å². The number of aromatic amines is 2. The van der Waals surface area contributed by atoms with Crippen LogP contribution in [0.4, 0.5) is 0 Å². The molecule has 0 aliphatic rings. The highest BCUT2D eigenvalue weighted by Crippen LogP contribution is 2.12. The Bertz CT molecular complexity index is 614. The predicted molar refractivity (Wildman–Crippen MR) is 63.5 cm³/mol. The van der Waals surface area contributed by atoms with E-state index in [0.717, 1.165) is 5.56 Å². The Labute approximate surface area is 97.1 Å². The van der Waals surface area contributed by atoms with Crippen LogP contribution in [0.1, 0.15) is 11.1 Å². The van der Waals surface area contributed by atoms with Crippen LogP contribution < -0.4 is 16.0 Å². The van der Waals surface area contributed by atoms with Crippen molar-refractivity contribution in [2.45, 2.75) is 6.42 Å². The van der Waals surface area contributed by atoms with Gasteiger partial charge in [-0.1, -0.05) is 30.3 Å². The minimum Gasteiger partial charge on any atom is -0.482 e. The molecule has 0 aliphatic carbocycles. The normalized spacial score (nSPS) is 10.2. The van der Waals surface area contributed by atoms with Gasteiger partial charge in [0.2, 0.25) is 5.88 Å². The average Bonchev–Trinajstić information content (AvgIpc) is 2.33. The fourth-order valence-corrected chi connectivity index (χ4v) is 1.63. The van der Waals surface area contributed by atoms with Crippen molar-refractivity contribution in [1.29, 1.82) is 0 Å². The van der Waals surface area contributed by atoms with Crippen molar-refractivity contribution in [3.05, 3.63) is 62.3 Å². The molecule has 1 aromatic heterocycles. The van der Waals surface area contributed by atoms with Crippen LogP contribution in [0.3, 0.4) is 0 Å². The van der Waals surface area contributed by atoms with Crippen LogP contribution >= 0.6 is 0 Å². The van der Waals surface area contributed by atoms with Crippen LogP contribution in [0.5, 0.6) is 5.88 Å². The number of ether oxygens (including phenoxy) is 1. The van der Waals surface area contributed by atoms with E-state index in [1.54, 1.807) is 0 Å². The molecule has 5 nitrogen and oxygen atoms in total. The van der Waals surface area contributed by atoms with Crippen molar-refractivity contribution in [2.75, 3.05) is 7.11 Å². The molecule has 17 heavy (non-hydrogen) atoms. The fourth-order valence-electron chi connectivity index (χ4n) is 1.63. The zero-order valence-electron chi connectivity index (χ0n) is 9.32. The standard InChI is InChI=1S/C12H12N2O3/c1-17-11-9(10(15)13-12(16)14-11)7-8-5-3-2-4-6-8/h2-6H,7H2,1H3,(H2,13,14,15,16). The molecule has 1 heterocycles. The van der Waals surface area contributed by atoms with Crippen LogP contribution in [0.15, 0.2) is 39.9 Å². The highest BCUT2D eigenvalue weighted by molar-refractivity contribution is 5.30. The highest BCUT2D eigenvalue weighted by atomic mass is 16.5. The first-order chi connectivity index (χ1) is 8.20. The monoisotopic (exact) mass is 232 g/mol. The van der Waals surface area contributed by atoms with E-state index in [1.807, 2.05) is 30.3 Å². The molecule has 88 valence electrons. The molecule has 1 aromatic carbocycles. The molecule has 2 rings (SSSR count). The maximum absolute atomic E-state index is 11.7. The number of aromatic nitrogens is 2. The number of methoxy groups -OCH3 is 1. The Hall–Kier alpha value is -2.30. The third-order valence-electron chi connectivity index (χ3n) is 2.43. The van der Waals surface area contributed by atoms with Gasteiger partial charge in [0.05, 0.1) is 12.7 Å². The maximum Gasteiger partial charge on any atom is 0.328 e. The zero-order valence-corrected chi connectivity index (χ0v) is 9.32. The molecule has 2 aromatic rings. The number of nitrogens with one attached hydrogen (secondary N) is 2. The van der Waals surface area contributed by atoms with Gasteiger partial charge < -0.3 is 4.74 Å². The van der Waals surface area contributed by atoms with Crippen molar-refractivity contribution >= 4 is 0 Å². The Balaban J connectivity index is 2.46. The lowest BCUT2D eigenvalue weighted by molar-refractivity contribution is 0.389. The lowest BCUT2D eigenvalue weighted by Crippen LogP contribution is -2.26. The van der Waals surface area contributed by atoms with Crippen molar-refractivity contribution < 1.29 is 4.74 Å². The topological polar surface area (TPSA) is 75.0 Å². The van der Waals surface area contributed by atoms with E-state index < -0.39 is 11.2 Å². The van der Waals surface area contributed by atoms with Gasteiger partial charge in [0.25, 0.3) is 5.56 Å². The van der Waals surface area contributed by atoms with Gasteiger partial charge in [-0.05, 0) is 5.56 Å². The van der Waals surface area contributed by atoms with Gasteiger partial charge in [0, 0.05) is 6.42 Å². The predicted octanol–water partition coefficient (Wildman–Crippen LogP) is 0.663. The molecule has 0 amide bonds. The van der Waals surface area contributed by atoms with Gasteiger partial charge in [-0.25, -0.2) is 4.79 Å². The second-order valence-electron chi connectivity index (χ2n) is 3.58. The van der Waals surface area contributed by atoms with Crippen molar-refractivity contribution in [2.24, 2.45) is 0 Å². The molecule has 0 fully saturated rings. The molecular formula is C12H12N2O3. The highest BCUT2D eigenvalue weighted by Gasteiger charge is 2.10. The summed E-state index contributed by atoms with van der Waals surface area (Å²) >= 11 is 0. The lowest BCUT2D eigenvalue weighted by Gasteiger charge is -2.06. The maximum atomic E-state index is 11.7. The first-order valence-electron chi connectivity index (χ1n) is 5.14. The van der Waals surface area contributed by atoms with Crippen LogP contribution in [0.25, 0.3) is 0 Å². The number of hydrogen-bond acceptors (Lipinski definition) is 3. The van der Waals surface area contributed by atoms with Gasteiger partial charge in [-0.15, -0.1) is 0 Å². The molecule has 0 unspecified atom stereocenters. The molecule has 0 aliphatic heterocycles. The molecule has 0 bridgehead atoms. The van der Waals surface area contributed by atoms with Gasteiger partial charge in [-0.2, -0.15) is 0 Å². The number of rotatable bonds is 3. The van der Waals surface area contributed by atoms with Gasteiger partial charge >= 0.3 is 5.69 Å². The molecule has 5 heteroatoms. The Morgan fingerprint density at radius 3 is 2.47 bits per heavy atom. The first-order valence-corrected chi connectivity index (χ1v) is 5.14. The van der Waals surface area contributed by atoms with Gasteiger partial charge in [-0.3, -0.25) is 14.8 Å². The number of hydrogen-bond donors (Lipinski definition) is 2. The van der Waals surface area contributed by atoms with Crippen molar-refractivity contribution in [1.82, 2.24) is 9.97 Å². The third kappa shape index (κ3) is 2.44. The summed E-state index contributed by atoms with van der Waals surface area (Å²) in [5, 5.41) is 0. The summed E-state index contributed by atoms with van der Waals surface area (Å²) in [5.74, 6) is 0.211. The minimum absolute atomic E-state index is 0.211. The van der Waals surface area contributed by atoms with Crippen molar-refractivity contribution in [3.63, 3.8) is 0 Å². The van der Waals surface area contributed by atoms with Gasteiger partial charge in [0.15, 0.2) is 0 Å². The van der Waals surface area contributed by atoms with E-state index in [9.17, 15) is 9.59 Å². The number of H-pyrrole nitrogens is 2. The quantitative estimate of drug-likeness (QED) is 0.816. The van der Waals surface area contributed by atoms with Crippen LogP contribution in [0, 0.1) is 0 Å². The summed E-state index contributed by atoms with van der Waals surface area (Å²) in [7, 11) is 1.42. The molecule has 0 saturated carbocycles. The summed E-state index contributed by atoms with van der Waals surface area (Å²) in [6.45, 7) is 0. The molecule has 0 radical (unpaired) electrons. The second-order valence-corrected chi connectivity index (χ2v) is 3.58. The number of benzene rings is 1.